The lowest BCUT2D eigenvalue weighted by atomic mass is 9.92. The zero-order valence-corrected chi connectivity index (χ0v) is 8.67. The van der Waals surface area contributed by atoms with Crippen molar-refractivity contribution in [3.05, 3.63) is 35.1 Å². The molecule has 2 rings (SSSR count). The van der Waals surface area contributed by atoms with Crippen LogP contribution in [0, 0.1) is 5.82 Å². The van der Waals surface area contributed by atoms with Crippen LogP contribution in [0.5, 0.6) is 0 Å². The van der Waals surface area contributed by atoms with Crippen molar-refractivity contribution in [2.75, 3.05) is 6.54 Å². The molecule has 1 amide bonds. The van der Waals surface area contributed by atoms with Gasteiger partial charge < -0.3 is 4.90 Å². The summed E-state index contributed by atoms with van der Waals surface area (Å²) in [4.78, 5) is 11.2. The van der Waals surface area contributed by atoms with Crippen LogP contribution in [0.1, 0.15) is 17.2 Å². The molecule has 0 fully saturated rings. The third kappa shape index (κ3) is 1.99. The van der Waals surface area contributed by atoms with E-state index in [4.69, 9.17) is 0 Å². The molecule has 0 spiro atoms. The predicted molar refractivity (Wildman–Crippen MR) is 51.7 cm³/mol. The van der Waals surface area contributed by atoms with Gasteiger partial charge in [0.15, 0.2) is 6.04 Å². The van der Waals surface area contributed by atoms with Gasteiger partial charge in [0, 0.05) is 12.1 Å². The second-order valence-corrected chi connectivity index (χ2v) is 3.85. The first-order valence-electron chi connectivity index (χ1n) is 5.00. The molecule has 2 nitrogen and oxygen atoms in total. The van der Waals surface area contributed by atoms with Gasteiger partial charge in [-0.3, -0.25) is 4.79 Å². The highest BCUT2D eigenvalue weighted by molar-refractivity contribution is 5.52. The van der Waals surface area contributed by atoms with Gasteiger partial charge in [0.2, 0.25) is 6.41 Å². The molecule has 1 aromatic carbocycles. The van der Waals surface area contributed by atoms with Crippen LogP contribution in [-0.2, 0) is 11.2 Å². The number of fused-ring (bicyclic) bond motifs is 1. The molecular weight excluding hydrogens is 238 g/mol. The minimum Gasteiger partial charge on any atom is -0.329 e. The molecule has 0 saturated heterocycles. The molecule has 0 aromatic heterocycles. The highest BCUT2D eigenvalue weighted by Crippen LogP contribution is 2.42. The van der Waals surface area contributed by atoms with Crippen LogP contribution in [0.15, 0.2) is 18.2 Å². The molecule has 0 saturated carbocycles. The van der Waals surface area contributed by atoms with E-state index in [1.165, 1.54) is 12.1 Å². The van der Waals surface area contributed by atoms with Gasteiger partial charge in [0.05, 0.1) is 0 Å². The maximum Gasteiger partial charge on any atom is 0.413 e. The molecule has 1 aromatic rings. The highest BCUT2D eigenvalue weighted by Gasteiger charge is 2.48. The summed E-state index contributed by atoms with van der Waals surface area (Å²) >= 11 is 0. The molecule has 0 radical (unpaired) electrons. The van der Waals surface area contributed by atoms with Gasteiger partial charge in [0.1, 0.15) is 5.82 Å². The van der Waals surface area contributed by atoms with E-state index < -0.39 is 23.6 Å². The Bertz CT molecular complexity index is 444. The number of carbonyl (C=O) groups excluding carboxylic acids is 1. The minimum absolute atomic E-state index is 0.0515. The number of hydrogen-bond acceptors (Lipinski definition) is 1. The van der Waals surface area contributed by atoms with Crippen molar-refractivity contribution in [2.45, 2.75) is 18.6 Å². The Hall–Kier alpha value is -1.59. The lowest BCUT2D eigenvalue weighted by Gasteiger charge is -2.35. The normalized spacial score (nSPS) is 20.0. The molecule has 1 aliphatic rings. The van der Waals surface area contributed by atoms with Gasteiger partial charge in [-0.1, -0.05) is 12.1 Å². The van der Waals surface area contributed by atoms with Crippen LogP contribution in [-0.4, -0.2) is 24.0 Å². The maximum absolute atomic E-state index is 13.5. The van der Waals surface area contributed by atoms with Gasteiger partial charge in [-0.2, -0.15) is 13.2 Å². The Morgan fingerprint density at radius 1 is 1.35 bits per heavy atom. The molecular formula is C11H9F4NO. The largest absolute Gasteiger partial charge is 0.413 e. The molecule has 1 aliphatic heterocycles. The van der Waals surface area contributed by atoms with Gasteiger partial charge in [-0.25, -0.2) is 4.39 Å². The van der Waals surface area contributed by atoms with Crippen LogP contribution in [0.25, 0.3) is 0 Å². The second kappa shape index (κ2) is 4.01. The number of halogens is 4. The zero-order valence-electron chi connectivity index (χ0n) is 8.67. The van der Waals surface area contributed by atoms with Crippen LogP contribution in [0.3, 0.4) is 0 Å². The smallest absolute Gasteiger partial charge is 0.329 e. The molecule has 92 valence electrons. The molecule has 1 atom stereocenters. The lowest BCUT2D eigenvalue weighted by molar-refractivity contribution is -0.189. The van der Waals surface area contributed by atoms with E-state index in [9.17, 15) is 22.4 Å². The van der Waals surface area contributed by atoms with E-state index in [1.807, 2.05) is 0 Å². The summed E-state index contributed by atoms with van der Waals surface area (Å²) < 4.78 is 52.1. The lowest BCUT2D eigenvalue weighted by Crippen LogP contribution is -2.42. The standard InChI is InChI=1S/C11H9F4NO/c12-8-3-1-2-7-4-5-16(6-17)10(9(7)8)11(13,14)15/h1-3,6,10H,4-5H2. The SMILES string of the molecule is O=CN1CCc2cccc(F)c2C1C(F)(F)F. The summed E-state index contributed by atoms with van der Waals surface area (Å²) in [6, 6.07) is 1.63. The van der Waals surface area contributed by atoms with Crippen LogP contribution < -0.4 is 0 Å². The van der Waals surface area contributed by atoms with E-state index in [2.05, 4.69) is 0 Å². The van der Waals surface area contributed by atoms with Crippen LogP contribution in [0.2, 0.25) is 0 Å². The molecule has 6 heteroatoms. The van der Waals surface area contributed by atoms with Crippen molar-refractivity contribution in [1.29, 1.82) is 0 Å². The highest BCUT2D eigenvalue weighted by atomic mass is 19.4. The quantitative estimate of drug-likeness (QED) is 0.551. The van der Waals surface area contributed by atoms with E-state index >= 15 is 0 Å². The van der Waals surface area contributed by atoms with Crippen molar-refractivity contribution in [2.24, 2.45) is 0 Å². The third-order valence-electron chi connectivity index (χ3n) is 2.83. The van der Waals surface area contributed by atoms with Crippen molar-refractivity contribution in [3.63, 3.8) is 0 Å². The van der Waals surface area contributed by atoms with Gasteiger partial charge in [-0.05, 0) is 18.1 Å². The average Bonchev–Trinajstić information content (AvgIpc) is 2.27. The fourth-order valence-electron chi connectivity index (χ4n) is 2.12. The van der Waals surface area contributed by atoms with Crippen LogP contribution >= 0.6 is 0 Å². The van der Waals surface area contributed by atoms with Crippen molar-refractivity contribution >= 4 is 6.41 Å². The third-order valence-corrected chi connectivity index (χ3v) is 2.83. The summed E-state index contributed by atoms with van der Waals surface area (Å²) in [7, 11) is 0. The number of benzene rings is 1. The monoisotopic (exact) mass is 247 g/mol. The second-order valence-electron chi connectivity index (χ2n) is 3.85. The van der Waals surface area contributed by atoms with Crippen molar-refractivity contribution in [1.82, 2.24) is 4.90 Å². The van der Waals surface area contributed by atoms with Crippen LogP contribution in [0.4, 0.5) is 17.6 Å². The first-order valence-corrected chi connectivity index (χ1v) is 5.00. The van der Waals surface area contributed by atoms with E-state index in [0.29, 0.717) is 10.5 Å². The molecule has 1 heterocycles. The molecule has 0 bridgehead atoms. The Kier molecular flexibility index (Phi) is 2.81. The Labute approximate surface area is 94.8 Å². The van der Waals surface area contributed by atoms with Crippen molar-refractivity contribution in [3.8, 4) is 0 Å². The Balaban J connectivity index is 2.58. The average molecular weight is 247 g/mol. The van der Waals surface area contributed by atoms with E-state index in [0.717, 1.165) is 6.07 Å². The molecule has 17 heavy (non-hydrogen) atoms. The fraction of sp³-hybridized carbons (Fsp3) is 0.364. The predicted octanol–water partition coefficient (Wildman–Crippen LogP) is 2.44. The van der Waals surface area contributed by atoms with Gasteiger partial charge in [0.25, 0.3) is 0 Å². The first kappa shape index (κ1) is 11.9. The number of hydrogen-bond donors (Lipinski definition) is 0. The number of carbonyl (C=O) groups is 1. The van der Waals surface area contributed by atoms with E-state index in [1.54, 1.807) is 0 Å². The fourth-order valence-corrected chi connectivity index (χ4v) is 2.12. The number of alkyl halides is 3. The van der Waals surface area contributed by atoms with Gasteiger partial charge in [-0.15, -0.1) is 0 Å². The molecule has 1 unspecified atom stereocenters. The number of amides is 1. The number of rotatable bonds is 1. The zero-order chi connectivity index (χ0) is 12.6. The summed E-state index contributed by atoms with van der Waals surface area (Å²) in [5.74, 6) is -0.920. The molecule has 0 N–H and O–H groups in total. The summed E-state index contributed by atoms with van der Waals surface area (Å²) in [5, 5.41) is 0. The maximum atomic E-state index is 13.5. The molecule has 0 aliphatic carbocycles. The summed E-state index contributed by atoms with van der Waals surface area (Å²) in [6.07, 6.45) is -4.32. The van der Waals surface area contributed by atoms with Gasteiger partial charge >= 0.3 is 6.18 Å². The topological polar surface area (TPSA) is 20.3 Å². The Morgan fingerprint density at radius 2 is 2.06 bits per heavy atom. The summed E-state index contributed by atoms with van der Waals surface area (Å²) in [5.41, 5.74) is -0.122. The number of nitrogens with zero attached hydrogens (tertiary/aromatic N) is 1. The van der Waals surface area contributed by atoms with Crippen molar-refractivity contribution < 1.29 is 22.4 Å². The minimum atomic E-state index is -4.67. The first-order chi connectivity index (χ1) is 7.95. The summed E-state index contributed by atoms with van der Waals surface area (Å²) in [6.45, 7) is -0.0515. The van der Waals surface area contributed by atoms with E-state index in [-0.39, 0.29) is 19.4 Å². The Morgan fingerprint density at radius 3 is 2.65 bits per heavy atom.